The van der Waals surface area contributed by atoms with Crippen LogP contribution in [0.2, 0.25) is 0 Å². The predicted octanol–water partition coefficient (Wildman–Crippen LogP) is 2.98. The van der Waals surface area contributed by atoms with E-state index in [1.807, 2.05) is 0 Å². The Bertz CT molecular complexity index is 548. The largest absolute Gasteiger partial charge is 0.338 e. The molecule has 2 aliphatic carbocycles. The lowest BCUT2D eigenvalue weighted by Crippen LogP contribution is -2.37. The standard InChI is InChI=1S/C16H24N4O2/c1-20(11-14-18-15(19-22-14)13-7-8-13)16(21)17-10-9-12-5-3-2-4-6-12/h5,13H,2-4,6-11H2,1H3,(H,17,21). The molecule has 1 aromatic rings. The average Bonchev–Trinajstić information content (AvgIpc) is 3.28. The Labute approximate surface area is 130 Å². The van der Waals surface area contributed by atoms with Crippen molar-refractivity contribution in [3.8, 4) is 0 Å². The first kappa shape index (κ1) is 15.1. The number of aromatic nitrogens is 2. The van der Waals surface area contributed by atoms with Crippen molar-refractivity contribution in [2.75, 3.05) is 13.6 Å². The van der Waals surface area contributed by atoms with Gasteiger partial charge >= 0.3 is 6.03 Å². The fourth-order valence-electron chi connectivity index (χ4n) is 2.71. The summed E-state index contributed by atoms with van der Waals surface area (Å²) in [6.45, 7) is 1.04. The van der Waals surface area contributed by atoms with Gasteiger partial charge in [0.1, 0.15) is 6.54 Å². The highest BCUT2D eigenvalue weighted by atomic mass is 16.5. The van der Waals surface area contributed by atoms with Crippen LogP contribution < -0.4 is 5.32 Å². The van der Waals surface area contributed by atoms with E-state index < -0.39 is 0 Å². The van der Waals surface area contributed by atoms with Gasteiger partial charge in [0, 0.05) is 19.5 Å². The molecule has 0 saturated heterocycles. The number of carbonyl (C=O) groups is 1. The fourth-order valence-corrected chi connectivity index (χ4v) is 2.71. The Morgan fingerprint density at radius 3 is 3.05 bits per heavy atom. The van der Waals surface area contributed by atoms with Crippen molar-refractivity contribution in [1.82, 2.24) is 20.4 Å². The third kappa shape index (κ3) is 4.08. The Hall–Kier alpha value is -1.85. The van der Waals surface area contributed by atoms with Gasteiger partial charge < -0.3 is 14.7 Å². The maximum Gasteiger partial charge on any atom is 0.317 e. The molecule has 1 heterocycles. The van der Waals surface area contributed by atoms with Crippen LogP contribution in [0.4, 0.5) is 4.79 Å². The van der Waals surface area contributed by atoms with Crippen LogP contribution in [0.5, 0.6) is 0 Å². The molecule has 22 heavy (non-hydrogen) atoms. The summed E-state index contributed by atoms with van der Waals surface area (Å²) in [5.41, 5.74) is 1.47. The Morgan fingerprint density at radius 2 is 2.32 bits per heavy atom. The first-order valence-electron chi connectivity index (χ1n) is 8.21. The van der Waals surface area contributed by atoms with Crippen molar-refractivity contribution in [2.24, 2.45) is 0 Å². The molecule has 1 fully saturated rings. The second kappa shape index (κ2) is 6.94. The Morgan fingerprint density at radius 1 is 1.45 bits per heavy atom. The number of hydrogen-bond donors (Lipinski definition) is 1. The molecule has 0 radical (unpaired) electrons. The fraction of sp³-hybridized carbons (Fsp3) is 0.688. The van der Waals surface area contributed by atoms with Gasteiger partial charge in [-0.3, -0.25) is 0 Å². The molecule has 0 atom stereocenters. The first-order valence-corrected chi connectivity index (χ1v) is 8.21. The molecule has 0 unspecified atom stereocenters. The van der Waals surface area contributed by atoms with Crippen LogP contribution in [-0.2, 0) is 6.54 Å². The normalized spacial score (nSPS) is 18.0. The van der Waals surface area contributed by atoms with Crippen molar-refractivity contribution >= 4 is 6.03 Å². The molecule has 0 spiro atoms. The highest BCUT2D eigenvalue weighted by Crippen LogP contribution is 2.38. The maximum absolute atomic E-state index is 12.0. The minimum absolute atomic E-state index is 0.0948. The van der Waals surface area contributed by atoms with E-state index in [-0.39, 0.29) is 6.03 Å². The van der Waals surface area contributed by atoms with E-state index in [9.17, 15) is 4.79 Å². The molecule has 2 amide bonds. The molecule has 1 N–H and O–H groups in total. The smallest absolute Gasteiger partial charge is 0.317 e. The van der Waals surface area contributed by atoms with Gasteiger partial charge in [-0.05, 0) is 44.9 Å². The van der Waals surface area contributed by atoms with Crippen molar-refractivity contribution in [2.45, 2.75) is 57.4 Å². The predicted molar refractivity (Wildman–Crippen MR) is 82.3 cm³/mol. The molecule has 6 heteroatoms. The summed E-state index contributed by atoms with van der Waals surface area (Å²) in [7, 11) is 1.75. The molecule has 0 aromatic carbocycles. The summed E-state index contributed by atoms with van der Waals surface area (Å²) in [4.78, 5) is 18.0. The van der Waals surface area contributed by atoms with Crippen molar-refractivity contribution in [3.05, 3.63) is 23.4 Å². The van der Waals surface area contributed by atoms with Gasteiger partial charge in [-0.15, -0.1) is 0 Å². The zero-order chi connectivity index (χ0) is 15.4. The molecule has 6 nitrogen and oxygen atoms in total. The minimum atomic E-state index is -0.0948. The van der Waals surface area contributed by atoms with Crippen LogP contribution >= 0.6 is 0 Å². The van der Waals surface area contributed by atoms with Crippen LogP contribution in [-0.4, -0.2) is 34.7 Å². The van der Waals surface area contributed by atoms with E-state index in [0.717, 1.165) is 25.1 Å². The zero-order valence-corrected chi connectivity index (χ0v) is 13.2. The second-order valence-corrected chi connectivity index (χ2v) is 6.27. The van der Waals surface area contributed by atoms with Gasteiger partial charge in [-0.2, -0.15) is 4.98 Å². The van der Waals surface area contributed by atoms with Gasteiger partial charge in [0.2, 0.25) is 5.89 Å². The summed E-state index contributed by atoms with van der Waals surface area (Å²) in [5, 5.41) is 6.91. The van der Waals surface area contributed by atoms with Gasteiger partial charge in [0.05, 0.1) is 0 Å². The number of amides is 2. The lowest BCUT2D eigenvalue weighted by molar-refractivity contribution is 0.199. The quantitative estimate of drug-likeness (QED) is 0.820. The highest BCUT2D eigenvalue weighted by molar-refractivity contribution is 5.73. The number of nitrogens with zero attached hydrogens (tertiary/aromatic N) is 3. The van der Waals surface area contributed by atoms with Crippen molar-refractivity contribution in [3.63, 3.8) is 0 Å². The van der Waals surface area contributed by atoms with E-state index >= 15 is 0 Å². The summed E-state index contributed by atoms with van der Waals surface area (Å²) in [6, 6.07) is -0.0948. The van der Waals surface area contributed by atoms with E-state index in [2.05, 4.69) is 21.5 Å². The van der Waals surface area contributed by atoms with E-state index in [1.54, 1.807) is 11.9 Å². The Kier molecular flexibility index (Phi) is 4.75. The van der Waals surface area contributed by atoms with E-state index in [4.69, 9.17) is 4.52 Å². The number of carbonyl (C=O) groups excluding carboxylic acids is 1. The van der Waals surface area contributed by atoms with E-state index in [0.29, 0.717) is 24.9 Å². The van der Waals surface area contributed by atoms with Crippen LogP contribution in [0.15, 0.2) is 16.2 Å². The summed E-state index contributed by atoms with van der Waals surface area (Å²) in [6.07, 6.45) is 10.5. The summed E-state index contributed by atoms with van der Waals surface area (Å²) < 4.78 is 5.19. The van der Waals surface area contributed by atoms with Crippen molar-refractivity contribution < 1.29 is 9.32 Å². The van der Waals surface area contributed by atoms with Gasteiger partial charge in [-0.1, -0.05) is 16.8 Å². The molecule has 1 saturated carbocycles. The molecular weight excluding hydrogens is 280 g/mol. The van der Waals surface area contributed by atoms with Crippen molar-refractivity contribution in [1.29, 1.82) is 0 Å². The lowest BCUT2D eigenvalue weighted by Gasteiger charge is -2.17. The van der Waals surface area contributed by atoms with Crippen LogP contribution in [0.1, 0.15) is 62.6 Å². The summed E-state index contributed by atoms with van der Waals surface area (Å²) >= 11 is 0. The molecular formula is C16H24N4O2. The molecule has 3 rings (SSSR count). The third-order valence-electron chi connectivity index (χ3n) is 4.25. The summed E-state index contributed by atoms with van der Waals surface area (Å²) in [5.74, 6) is 1.77. The van der Waals surface area contributed by atoms with Gasteiger partial charge in [0.25, 0.3) is 0 Å². The second-order valence-electron chi connectivity index (χ2n) is 6.27. The number of hydrogen-bond acceptors (Lipinski definition) is 4. The number of nitrogens with one attached hydrogen (secondary N) is 1. The average molecular weight is 304 g/mol. The topological polar surface area (TPSA) is 71.3 Å². The molecule has 2 aliphatic rings. The number of urea groups is 1. The molecule has 120 valence electrons. The minimum Gasteiger partial charge on any atom is -0.338 e. The third-order valence-corrected chi connectivity index (χ3v) is 4.25. The van der Waals surface area contributed by atoms with Crippen LogP contribution in [0.3, 0.4) is 0 Å². The van der Waals surface area contributed by atoms with E-state index in [1.165, 1.54) is 31.3 Å². The van der Waals surface area contributed by atoms with Crippen LogP contribution in [0.25, 0.3) is 0 Å². The number of allylic oxidation sites excluding steroid dienone is 1. The lowest BCUT2D eigenvalue weighted by atomic mass is 9.97. The zero-order valence-electron chi connectivity index (χ0n) is 13.2. The molecule has 0 bridgehead atoms. The Balaban J connectivity index is 1.39. The highest BCUT2D eigenvalue weighted by Gasteiger charge is 2.29. The number of rotatable bonds is 6. The maximum atomic E-state index is 12.0. The van der Waals surface area contributed by atoms with Gasteiger partial charge in [-0.25, -0.2) is 4.79 Å². The first-order chi connectivity index (χ1) is 10.7. The van der Waals surface area contributed by atoms with Gasteiger partial charge in [0.15, 0.2) is 5.82 Å². The van der Waals surface area contributed by atoms with Crippen LogP contribution in [0, 0.1) is 0 Å². The monoisotopic (exact) mass is 304 g/mol. The SMILES string of the molecule is CN(Cc1nc(C2CC2)no1)C(=O)NCCC1=CCCCC1. The molecule has 1 aromatic heterocycles. The molecule has 0 aliphatic heterocycles.